The highest BCUT2D eigenvalue weighted by atomic mass is 19.1. The molecule has 1 saturated heterocycles. The first-order valence-electron chi connectivity index (χ1n) is 10.1. The van der Waals surface area contributed by atoms with Gasteiger partial charge in [-0.2, -0.15) is 0 Å². The Morgan fingerprint density at radius 1 is 1.16 bits per heavy atom. The zero-order valence-electron chi connectivity index (χ0n) is 17.5. The number of benzene rings is 1. The highest BCUT2D eigenvalue weighted by Gasteiger charge is 2.24. The van der Waals surface area contributed by atoms with Gasteiger partial charge in [0.15, 0.2) is 17.4 Å². The van der Waals surface area contributed by atoms with Crippen molar-refractivity contribution in [2.75, 3.05) is 39.9 Å². The van der Waals surface area contributed by atoms with Gasteiger partial charge >= 0.3 is 6.09 Å². The molecule has 1 aromatic carbocycles. The van der Waals surface area contributed by atoms with Crippen LogP contribution in [0.2, 0.25) is 0 Å². The van der Waals surface area contributed by atoms with Gasteiger partial charge in [0.25, 0.3) is 5.91 Å². The van der Waals surface area contributed by atoms with Gasteiger partial charge in [0, 0.05) is 44.6 Å². The van der Waals surface area contributed by atoms with Crippen LogP contribution in [0, 0.1) is 17.6 Å². The van der Waals surface area contributed by atoms with Crippen LogP contribution >= 0.6 is 0 Å². The number of aromatic nitrogens is 2. The molecule has 1 aliphatic rings. The van der Waals surface area contributed by atoms with Crippen molar-refractivity contribution < 1.29 is 33.3 Å². The van der Waals surface area contributed by atoms with Crippen LogP contribution in [0.4, 0.5) is 13.6 Å². The van der Waals surface area contributed by atoms with Crippen molar-refractivity contribution >= 4 is 12.0 Å². The lowest BCUT2D eigenvalue weighted by molar-refractivity contribution is 0.0755. The van der Waals surface area contributed by atoms with E-state index in [-0.39, 0.29) is 37.1 Å². The van der Waals surface area contributed by atoms with Crippen molar-refractivity contribution in [3.8, 4) is 16.9 Å². The molecule has 172 valence electrons. The molecular formula is C21H24F2N4O5. The van der Waals surface area contributed by atoms with E-state index in [1.807, 2.05) is 0 Å². The first kappa shape index (κ1) is 23.3. The molecule has 32 heavy (non-hydrogen) atoms. The Morgan fingerprint density at radius 3 is 2.28 bits per heavy atom. The second kappa shape index (κ2) is 10.3. The molecule has 0 radical (unpaired) electrons. The summed E-state index contributed by atoms with van der Waals surface area (Å²) in [5.41, 5.74) is 0.501. The molecule has 1 aromatic heterocycles. The van der Waals surface area contributed by atoms with E-state index < -0.39 is 29.4 Å². The molecule has 0 unspecified atom stereocenters. The summed E-state index contributed by atoms with van der Waals surface area (Å²) in [6, 6.07) is 2.20. The number of halogens is 2. The number of nitrogens with zero attached hydrogens (tertiary/aromatic N) is 4. The SMILES string of the molecule is CN(CCO)C(=O)c1ncc(-c2cc(F)c(OCC3CCN(C(=O)O)CC3)c(F)c2)cn1. The van der Waals surface area contributed by atoms with Gasteiger partial charge in [-0.15, -0.1) is 0 Å². The lowest BCUT2D eigenvalue weighted by Gasteiger charge is -2.29. The van der Waals surface area contributed by atoms with Crippen molar-refractivity contribution in [3.63, 3.8) is 0 Å². The minimum atomic E-state index is -0.976. The summed E-state index contributed by atoms with van der Waals surface area (Å²) >= 11 is 0. The molecule has 1 fully saturated rings. The van der Waals surface area contributed by atoms with Crippen molar-refractivity contribution in [1.82, 2.24) is 19.8 Å². The second-order valence-corrected chi connectivity index (χ2v) is 7.54. The van der Waals surface area contributed by atoms with E-state index in [1.54, 1.807) is 0 Å². The molecular weight excluding hydrogens is 426 g/mol. The number of amides is 2. The molecule has 0 bridgehead atoms. The maximum absolute atomic E-state index is 14.5. The Kier molecular flexibility index (Phi) is 7.52. The van der Waals surface area contributed by atoms with E-state index in [9.17, 15) is 18.4 Å². The standard InChI is InChI=1S/C21H24F2N4O5/c1-26(6-7-28)20(29)19-24-10-15(11-25-19)14-8-16(22)18(17(23)9-14)32-12-13-2-4-27(5-3-13)21(30)31/h8-11,13,28H,2-7,12H2,1H3,(H,30,31). The summed E-state index contributed by atoms with van der Waals surface area (Å²) in [4.78, 5) is 33.5. The fourth-order valence-electron chi connectivity index (χ4n) is 3.37. The van der Waals surface area contributed by atoms with Crippen LogP contribution in [0.5, 0.6) is 5.75 Å². The quantitative estimate of drug-likeness (QED) is 0.665. The maximum Gasteiger partial charge on any atom is 0.407 e. The summed E-state index contributed by atoms with van der Waals surface area (Å²) < 4.78 is 34.5. The average Bonchev–Trinajstić information content (AvgIpc) is 2.78. The number of likely N-dealkylation sites (tertiary alicyclic amines) is 1. The molecule has 0 saturated carbocycles. The van der Waals surface area contributed by atoms with Gasteiger partial charge in [-0.3, -0.25) is 4.79 Å². The normalized spacial score (nSPS) is 14.3. The van der Waals surface area contributed by atoms with Gasteiger partial charge < -0.3 is 24.7 Å². The third-order valence-corrected chi connectivity index (χ3v) is 5.31. The number of piperidine rings is 1. The predicted molar refractivity (Wildman–Crippen MR) is 109 cm³/mol. The second-order valence-electron chi connectivity index (χ2n) is 7.54. The number of hydrogen-bond donors (Lipinski definition) is 2. The van der Waals surface area contributed by atoms with Crippen molar-refractivity contribution in [2.45, 2.75) is 12.8 Å². The fourth-order valence-corrected chi connectivity index (χ4v) is 3.37. The number of likely N-dealkylation sites (N-methyl/N-ethyl adjacent to an activating group) is 1. The van der Waals surface area contributed by atoms with E-state index in [4.69, 9.17) is 14.9 Å². The highest BCUT2D eigenvalue weighted by Crippen LogP contribution is 2.29. The number of carbonyl (C=O) groups is 2. The van der Waals surface area contributed by atoms with Gasteiger partial charge in [-0.1, -0.05) is 0 Å². The third-order valence-electron chi connectivity index (χ3n) is 5.31. The van der Waals surface area contributed by atoms with Crippen LogP contribution in [-0.4, -0.2) is 81.9 Å². The molecule has 2 heterocycles. The molecule has 9 nitrogen and oxygen atoms in total. The molecule has 3 rings (SSSR count). The zero-order valence-corrected chi connectivity index (χ0v) is 17.5. The summed E-state index contributed by atoms with van der Waals surface area (Å²) in [5.74, 6) is -2.84. The number of carboxylic acid groups (broad SMARTS) is 1. The largest absolute Gasteiger partial charge is 0.487 e. The predicted octanol–water partition coefficient (Wildman–Crippen LogP) is 2.25. The molecule has 2 amide bonds. The van der Waals surface area contributed by atoms with Gasteiger partial charge in [-0.05, 0) is 36.5 Å². The maximum atomic E-state index is 14.5. The number of aliphatic hydroxyl groups excluding tert-OH is 1. The lowest BCUT2D eigenvalue weighted by Crippen LogP contribution is -2.38. The fraction of sp³-hybridized carbons (Fsp3) is 0.429. The Hall–Kier alpha value is -3.34. The summed E-state index contributed by atoms with van der Waals surface area (Å²) in [7, 11) is 1.49. The molecule has 2 aromatic rings. The van der Waals surface area contributed by atoms with Crippen molar-refractivity contribution in [2.24, 2.45) is 5.92 Å². The van der Waals surface area contributed by atoms with Crippen LogP contribution < -0.4 is 4.74 Å². The number of aliphatic hydroxyl groups is 1. The van der Waals surface area contributed by atoms with Gasteiger partial charge in [-0.25, -0.2) is 23.5 Å². The summed E-state index contributed by atoms with van der Waals surface area (Å²) in [6.45, 7) is 0.736. The smallest absolute Gasteiger partial charge is 0.407 e. The topological polar surface area (TPSA) is 116 Å². The van der Waals surface area contributed by atoms with Crippen molar-refractivity contribution in [1.29, 1.82) is 0 Å². The highest BCUT2D eigenvalue weighted by molar-refractivity contribution is 5.90. The van der Waals surface area contributed by atoms with Crippen molar-refractivity contribution in [3.05, 3.63) is 42.0 Å². The Bertz CT molecular complexity index is 942. The third kappa shape index (κ3) is 5.47. The van der Waals surface area contributed by atoms with E-state index in [0.717, 1.165) is 12.1 Å². The number of rotatable bonds is 7. The van der Waals surface area contributed by atoms with Gasteiger partial charge in [0.1, 0.15) is 0 Å². The Labute approximate surface area is 183 Å². The van der Waals surface area contributed by atoms with E-state index in [0.29, 0.717) is 31.5 Å². The molecule has 1 aliphatic heterocycles. The minimum Gasteiger partial charge on any atom is -0.487 e. The Balaban J connectivity index is 1.65. The minimum absolute atomic E-state index is 0.00604. The van der Waals surface area contributed by atoms with Crippen LogP contribution in [0.15, 0.2) is 24.5 Å². The number of ether oxygens (including phenoxy) is 1. The first-order chi connectivity index (χ1) is 15.3. The molecule has 2 N–H and O–H groups in total. The first-order valence-corrected chi connectivity index (χ1v) is 10.1. The lowest BCUT2D eigenvalue weighted by atomic mass is 9.98. The van der Waals surface area contributed by atoms with E-state index in [1.165, 1.54) is 29.2 Å². The monoisotopic (exact) mass is 450 g/mol. The Morgan fingerprint density at radius 2 is 1.75 bits per heavy atom. The van der Waals surface area contributed by atoms with Gasteiger partial charge in [0.2, 0.25) is 5.82 Å². The molecule has 11 heteroatoms. The van der Waals surface area contributed by atoms with Crippen LogP contribution in [0.3, 0.4) is 0 Å². The van der Waals surface area contributed by atoms with Crippen LogP contribution in [-0.2, 0) is 0 Å². The molecule has 0 aliphatic carbocycles. The zero-order chi connectivity index (χ0) is 23.3. The summed E-state index contributed by atoms with van der Waals surface area (Å²) in [6.07, 6.45) is 2.72. The molecule has 0 spiro atoms. The number of hydrogen-bond acceptors (Lipinski definition) is 6. The molecule has 0 atom stereocenters. The number of carbonyl (C=O) groups excluding carboxylic acids is 1. The van der Waals surface area contributed by atoms with Gasteiger partial charge in [0.05, 0.1) is 13.2 Å². The van der Waals surface area contributed by atoms with E-state index >= 15 is 0 Å². The van der Waals surface area contributed by atoms with E-state index in [2.05, 4.69) is 9.97 Å². The van der Waals surface area contributed by atoms with Crippen LogP contribution in [0.25, 0.3) is 11.1 Å². The average molecular weight is 450 g/mol. The van der Waals surface area contributed by atoms with Crippen LogP contribution in [0.1, 0.15) is 23.5 Å². The summed E-state index contributed by atoms with van der Waals surface area (Å²) in [5, 5.41) is 17.9.